The van der Waals surface area contributed by atoms with Crippen molar-refractivity contribution in [1.29, 1.82) is 0 Å². The zero-order valence-corrected chi connectivity index (χ0v) is 12.0. The van der Waals surface area contributed by atoms with E-state index in [2.05, 4.69) is 17.1 Å². The minimum absolute atomic E-state index is 0.817. The SMILES string of the molecule is CC(CCCNC1CC1)N1CCCC2CCCC21. The highest BCUT2D eigenvalue weighted by Gasteiger charge is 2.36. The van der Waals surface area contributed by atoms with Crippen molar-refractivity contribution in [2.75, 3.05) is 13.1 Å². The Labute approximate surface area is 113 Å². The third-order valence-electron chi connectivity index (χ3n) is 5.41. The highest BCUT2D eigenvalue weighted by atomic mass is 15.2. The number of rotatable bonds is 6. The van der Waals surface area contributed by atoms with E-state index < -0.39 is 0 Å². The molecule has 0 amide bonds. The molecule has 0 aromatic heterocycles. The lowest BCUT2D eigenvalue weighted by Gasteiger charge is -2.41. The minimum Gasteiger partial charge on any atom is -0.314 e. The zero-order chi connectivity index (χ0) is 12.4. The summed E-state index contributed by atoms with van der Waals surface area (Å²) in [5, 5.41) is 3.64. The molecule has 1 N–H and O–H groups in total. The Morgan fingerprint density at radius 3 is 2.78 bits per heavy atom. The van der Waals surface area contributed by atoms with E-state index >= 15 is 0 Å². The second kappa shape index (κ2) is 5.92. The fourth-order valence-corrected chi connectivity index (χ4v) is 4.20. The Morgan fingerprint density at radius 2 is 1.94 bits per heavy atom. The molecular formula is C16H30N2. The molecule has 18 heavy (non-hydrogen) atoms. The number of hydrogen-bond donors (Lipinski definition) is 1. The summed E-state index contributed by atoms with van der Waals surface area (Å²) in [7, 11) is 0. The lowest BCUT2D eigenvalue weighted by atomic mass is 9.90. The smallest absolute Gasteiger partial charge is 0.0126 e. The van der Waals surface area contributed by atoms with Crippen LogP contribution in [-0.2, 0) is 0 Å². The number of likely N-dealkylation sites (tertiary alicyclic amines) is 1. The monoisotopic (exact) mass is 250 g/mol. The van der Waals surface area contributed by atoms with Gasteiger partial charge in [0.15, 0.2) is 0 Å². The molecule has 0 spiro atoms. The van der Waals surface area contributed by atoms with Crippen LogP contribution in [0.15, 0.2) is 0 Å². The summed E-state index contributed by atoms with van der Waals surface area (Å²) in [6.45, 7) is 5.09. The first-order chi connectivity index (χ1) is 8.84. The van der Waals surface area contributed by atoms with E-state index in [1.807, 2.05) is 0 Å². The number of fused-ring (bicyclic) bond motifs is 1. The molecule has 2 saturated carbocycles. The van der Waals surface area contributed by atoms with E-state index in [1.165, 1.54) is 70.9 Å². The Hall–Kier alpha value is -0.0800. The second-order valence-corrected chi connectivity index (χ2v) is 6.86. The zero-order valence-electron chi connectivity index (χ0n) is 12.0. The maximum absolute atomic E-state index is 3.64. The Bertz CT molecular complexity index is 262. The van der Waals surface area contributed by atoms with Gasteiger partial charge in [0.05, 0.1) is 0 Å². The summed E-state index contributed by atoms with van der Waals surface area (Å²) in [4.78, 5) is 2.86. The van der Waals surface area contributed by atoms with Gasteiger partial charge in [-0.3, -0.25) is 4.90 Å². The Kier molecular flexibility index (Phi) is 4.25. The molecule has 3 rings (SSSR count). The highest BCUT2D eigenvalue weighted by molar-refractivity contribution is 4.91. The summed E-state index contributed by atoms with van der Waals surface area (Å²) in [5.74, 6) is 1.05. The van der Waals surface area contributed by atoms with Crippen molar-refractivity contribution in [1.82, 2.24) is 10.2 Å². The standard InChI is InChI=1S/C16H30N2/c1-13(5-3-11-17-15-9-10-15)18-12-4-7-14-6-2-8-16(14)18/h13-17H,2-12H2,1H3. The second-order valence-electron chi connectivity index (χ2n) is 6.86. The van der Waals surface area contributed by atoms with Crippen LogP contribution >= 0.6 is 0 Å². The van der Waals surface area contributed by atoms with Crippen molar-refractivity contribution in [3.63, 3.8) is 0 Å². The number of nitrogens with one attached hydrogen (secondary N) is 1. The third-order valence-corrected chi connectivity index (χ3v) is 5.41. The van der Waals surface area contributed by atoms with E-state index in [1.54, 1.807) is 0 Å². The van der Waals surface area contributed by atoms with Gasteiger partial charge in [-0.15, -0.1) is 0 Å². The molecule has 0 aromatic rings. The summed E-state index contributed by atoms with van der Waals surface area (Å²) >= 11 is 0. The van der Waals surface area contributed by atoms with Gasteiger partial charge >= 0.3 is 0 Å². The van der Waals surface area contributed by atoms with Gasteiger partial charge in [-0.1, -0.05) is 6.42 Å². The average molecular weight is 250 g/mol. The number of piperidine rings is 1. The van der Waals surface area contributed by atoms with Crippen molar-refractivity contribution in [2.24, 2.45) is 5.92 Å². The molecule has 2 heteroatoms. The van der Waals surface area contributed by atoms with E-state index in [4.69, 9.17) is 0 Å². The largest absolute Gasteiger partial charge is 0.314 e. The number of nitrogens with zero attached hydrogens (tertiary/aromatic N) is 1. The summed E-state index contributed by atoms with van der Waals surface area (Å²) in [6, 6.07) is 2.65. The van der Waals surface area contributed by atoms with Crippen LogP contribution in [0.3, 0.4) is 0 Å². The van der Waals surface area contributed by atoms with Gasteiger partial charge in [-0.05, 0) is 77.3 Å². The normalized spacial score (nSPS) is 34.5. The van der Waals surface area contributed by atoms with Crippen LogP contribution in [-0.4, -0.2) is 36.1 Å². The fraction of sp³-hybridized carbons (Fsp3) is 1.00. The molecule has 3 aliphatic rings. The molecule has 1 heterocycles. The fourth-order valence-electron chi connectivity index (χ4n) is 4.20. The van der Waals surface area contributed by atoms with Gasteiger partial charge in [0.2, 0.25) is 0 Å². The molecule has 3 atom stereocenters. The molecule has 0 radical (unpaired) electrons. The molecule has 3 fully saturated rings. The van der Waals surface area contributed by atoms with Crippen molar-refractivity contribution in [2.45, 2.75) is 82.8 Å². The topological polar surface area (TPSA) is 15.3 Å². The Balaban J connectivity index is 1.40. The van der Waals surface area contributed by atoms with Gasteiger partial charge in [0, 0.05) is 18.1 Å². The third kappa shape index (κ3) is 3.08. The van der Waals surface area contributed by atoms with Crippen molar-refractivity contribution in [3.8, 4) is 0 Å². The number of hydrogen-bond acceptors (Lipinski definition) is 2. The van der Waals surface area contributed by atoms with E-state index in [9.17, 15) is 0 Å². The first-order valence-electron chi connectivity index (χ1n) is 8.34. The molecule has 1 saturated heterocycles. The molecule has 104 valence electrons. The van der Waals surface area contributed by atoms with Gasteiger partial charge in [-0.25, -0.2) is 0 Å². The molecule has 0 aromatic carbocycles. The van der Waals surface area contributed by atoms with Crippen LogP contribution in [0.1, 0.15) is 64.7 Å². The molecule has 3 unspecified atom stereocenters. The summed E-state index contributed by atoms with van der Waals surface area (Å²) in [5.41, 5.74) is 0. The summed E-state index contributed by atoms with van der Waals surface area (Å²) < 4.78 is 0. The molecule has 0 bridgehead atoms. The van der Waals surface area contributed by atoms with E-state index in [0.717, 1.165) is 24.0 Å². The van der Waals surface area contributed by atoms with Gasteiger partial charge < -0.3 is 5.32 Å². The van der Waals surface area contributed by atoms with Crippen LogP contribution in [0, 0.1) is 5.92 Å². The van der Waals surface area contributed by atoms with E-state index in [0.29, 0.717) is 0 Å². The van der Waals surface area contributed by atoms with Crippen LogP contribution in [0.5, 0.6) is 0 Å². The lowest BCUT2D eigenvalue weighted by Crippen LogP contribution is -2.47. The average Bonchev–Trinajstić information content (AvgIpc) is 3.08. The molecule has 2 nitrogen and oxygen atoms in total. The van der Waals surface area contributed by atoms with Crippen LogP contribution in [0.4, 0.5) is 0 Å². The lowest BCUT2D eigenvalue weighted by molar-refractivity contribution is 0.0701. The summed E-state index contributed by atoms with van der Waals surface area (Å²) in [6.07, 6.45) is 13.0. The van der Waals surface area contributed by atoms with Gasteiger partial charge in [-0.2, -0.15) is 0 Å². The minimum atomic E-state index is 0.817. The first-order valence-corrected chi connectivity index (χ1v) is 8.34. The van der Waals surface area contributed by atoms with Gasteiger partial charge in [0.25, 0.3) is 0 Å². The molecule has 1 aliphatic heterocycles. The first kappa shape index (κ1) is 12.9. The van der Waals surface area contributed by atoms with Crippen LogP contribution in [0.2, 0.25) is 0 Å². The van der Waals surface area contributed by atoms with Crippen molar-refractivity contribution in [3.05, 3.63) is 0 Å². The van der Waals surface area contributed by atoms with Gasteiger partial charge in [0.1, 0.15) is 0 Å². The molecule has 2 aliphatic carbocycles. The van der Waals surface area contributed by atoms with Crippen molar-refractivity contribution < 1.29 is 0 Å². The maximum atomic E-state index is 3.64. The predicted molar refractivity (Wildman–Crippen MR) is 76.8 cm³/mol. The maximum Gasteiger partial charge on any atom is 0.0126 e. The van der Waals surface area contributed by atoms with E-state index in [-0.39, 0.29) is 0 Å². The van der Waals surface area contributed by atoms with Crippen LogP contribution in [0.25, 0.3) is 0 Å². The predicted octanol–water partition coefficient (Wildman–Crippen LogP) is 3.17. The Morgan fingerprint density at radius 1 is 1.11 bits per heavy atom. The highest BCUT2D eigenvalue weighted by Crippen LogP contribution is 2.38. The quantitative estimate of drug-likeness (QED) is 0.728. The molecular weight excluding hydrogens is 220 g/mol. The van der Waals surface area contributed by atoms with Crippen molar-refractivity contribution >= 4 is 0 Å². The van der Waals surface area contributed by atoms with Crippen LogP contribution < -0.4 is 5.32 Å².